The highest BCUT2D eigenvalue weighted by molar-refractivity contribution is 6.09. The summed E-state index contributed by atoms with van der Waals surface area (Å²) in [5.74, 6) is 0.103. The second-order valence-electron chi connectivity index (χ2n) is 9.97. The Bertz CT molecular complexity index is 1100. The molecule has 1 saturated heterocycles. The molecule has 2 N–H and O–H groups in total. The maximum Gasteiger partial charge on any atom is 0.306 e. The number of carbonyl (C=O) groups is 2. The van der Waals surface area contributed by atoms with Crippen LogP contribution >= 0.6 is 0 Å². The van der Waals surface area contributed by atoms with Gasteiger partial charge in [0.25, 0.3) is 0 Å². The number of esters is 1. The third kappa shape index (κ3) is 7.88. The fraction of sp³-hybridized carbons (Fsp3) is 0.500. The van der Waals surface area contributed by atoms with Gasteiger partial charge >= 0.3 is 5.97 Å². The van der Waals surface area contributed by atoms with E-state index in [1.54, 1.807) is 30.5 Å². The SMILES string of the molecule is CCCCCCCOC(=O)CC1Cc2ccc(C(=O)c3ccc(C=NN4CCOCC4)cc3)cc2OC1N. The molecule has 204 valence electrons. The van der Waals surface area contributed by atoms with Crippen LogP contribution in [0.3, 0.4) is 0 Å². The molecule has 2 aromatic carbocycles. The molecule has 38 heavy (non-hydrogen) atoms. The molecule has 0 aromatic heterocycles. The van der Waals surface area contributed by atoms with Gasteiger partial charge in [-0.3, -0.25) is 20.3 Å². The molecule has 2 aliphatic rings. The summed E-state index contributed by atoms with van der Waals surface area (Å²) in [5.41, 5.74) is 9.24. The molecule has 0 saturated carbocycles. The standard InChI is InChI=1S/C30H39N3O5/c1-2-3-4-5-6-15-37-28(34)20-26-18-24-11-12-25(19-27(24)38-30(26)31)29(35)23-9-7-22(8-10-23)21-32-33-13-16-36-17-14-33/h7-12,19,21,26,30H,2-6,13-18,20,31H2,1H3. The third-order valence-corrected chi connectivity index (χ3v) is 7.01. The first kappa shape index (κ1) is 27.8. The van der Waals surface area contributed by atoms with Gasteiger partial charge in [-0.2, -0.15) is 5.10 Å². The smallest absolute Gasteiger partial charge is 0.306 e. The van der Waals surface area contributed by atoms with Crippen LogP contribution in [0, 0.1) is 5.92 Å². The zero-order valence-corrected chi connectivity index (χ0v) is 22.3. The number of nitrogens with two attached hydrogens (primary N) is 1. The number of benzene rings is 2. The number of morpholine rings is 1. The van der Waals surface area contributed by atoms with E-state index < -0.39 is 6.23 Å². The van der Waals surface area contributed by atoms with Crippen molar-refractivity contribution in [3.05, 3.63) is 64.7 Å². The average Bonchev–Trinajstić information content (AvgIpc) is 2.94. The van der Waals surface area contributed by atoms with Gasteiger partial charge < -0.3 is 14.2 Å². The average molecular weight is 522 g/mol. The molecule has 0 bridgehead atoms. The maximum absolute atomic E-state index is 13.1. The first-order valence-electron chi connectivity index (χ1n) is 13.8. The molecule has 0 radical (unpaired) electrons. The van der Waals surface area contributed by atoms with E-state index in [2.05, 4.69) is 12.0 Å². The lowest BCUT2D eigenvalue weighted by atomic mass is 9.90. The van der Waals surface area contributed by atoms with Crippen molar-refractivity contribution >= 4 is 18.0 Å². The van der Waals surface area contributed by atoms with E-state index in [1.165, 1.54) is 19.3 Å². The summed E-state index contributed by atoms with van der Waals surface area (Å²) in [7, 11) is 0. The van der Waals surface area contributed by atoms with E-state index in [9.17, 15) is 9.59 Å². The van der Waals surface area contributed by atoms with Crippen LogP contribution in [-0.2, 0) is 20.7 Å². The van der Waals surface area contributed by atoms with E-state index in [0.29, 0.717) is 43.1 Å². The Hall–Kier alpha value is -3.23. The molecule has 1 fully saturated rings. The van der Waals surface area contributed by atoms with E-state index in [1.807, 2.05) is 23.2 Å². The topological polar surface area (TPSA) is 103 Å². The van der Waals surface area contributed by atoms with Crippen LogP contribution in [0.2, 0.25) is 0 Å². The second-order valence-corrected chi connectivity index (χ2v) is 9.97. The van der Waals surface area contributed by atoms with Gasteiger partial charge in [0.15, 0.2) is 12.0 Å². The molecule has 2 aliphatic heterocycles. The van der Waals surface area contributed by atoms with E-state index in [0.717, 1.165) is 37.1 Å². The Balaban J connectivity index is 1.30. The number of hydrogen-bond acceptors (Lipinski definition) is 8. The van der Waals surface area contributed by atoms with Crippen molar-refractivity contribution in [3.8, 4) is 5.75 Å². The molecule has 2 heterocycles. The summed E-state index contributed by atoms with van der Waals surface area (Å²) < 4.78 is 16.7. The highest BCUT2D eigenvalue weighted by atomic mass is 16.5. The number of fused-ring (bicyclic) bond motifs is 1. The van der Waals surface area contributed by atoms with Crippen LogP contribution < -0.4 is 10.5 Å². The molecule has 0 aliphatic carbocycles. The lowest BCUT2D eigenvalue weighted by molar-refractivity contribution is -0.145. The van der Waals surface area contributed by atoms with Crippen LogP contribution in [0.5, 0.6) is 5.75 Å². The fourth-order valence-electron chi connectivity index (χ4n) is 4.67. The van der Waals surface area contributed by atoms with E-state index in [4.69, 9.17) is 19.9 Å². The number of ketones is 1. The summed E-state index contributed by atoms with van der Waals surface area (Å²) in [4.78, 5) is 25.4. The molecule has 0 spiro atoms. The Kier molecular flexibility index (Phi) is 10.3. The minimum absolute atomic E-state index is 0.0914. The van der Waals surface area contributed by atoms with Crippen molar-refractivity contribution in [2.24, 2.45) is 16.8 Å². The number of rotatable bonds is 12. The predicted octanol–water partition coefficient (Wildman–Crippen LogP) is 4.32. The molecular weight excluding hydrogens is 482 g/mol. The van der Waals surface area contributed by atoms with Crippen molar-refractivity contribution in [1.29, 1.82) is 0 Å². The lowest BCUT2D eigenvalue weighted by Crippen LogP contribution is -2.41. The van der Waals surface area contributed by atoms with Gasteiger partial charge in [-0.1, -0.05) is 69.0 Å². The number of nitrogens with zero attached hydrogens (tertiary/aromatic N) is 2. The number of hydrazone groups is 1. The number of unbranched alkanes of at least 4 members (excludes halogenated alkanes) is 4. The molecule has 2 aromatic rings. The van der Waals surface area contributed by atoms with Crippen LogP contribution in [0.4, 0.5) is 0 Å². The first-order valence-corrected chi connectivity index (χ1v) is 13.8. The van der Waals surface area contributed by atoms with Gasteiger partial charge in [-0.15, -0.1) is 0 Å². The van der Waals surface area contributed by atoms with Crippen molar-refractivity contribution < 1.29 is 23.8 Å². The number of ether oxygens (including phenoxy) is 3. The highest BCUT2D eigenvalue weighted by Gasteiger charge is 2.30. The maximum atomic E-state index is 13.1. The van der Waals surface area contributed by atoms with Gasteiger partial charge in [0.2, 0.25) is 0 Å². The summed E-state index contributed by atoms with van der Waals surface area (Å²) >= 11 is 0. The van der Waals surface area contributed by atoms with Crippen LogP contribution in [-0.4, -0.2) is 62.1 Å². The van der Waals surface area contributed by atoms with Crippen molar-refractivity contribution in [2.45, 2.75) is 58.1 Å². The van der Waals surface area contributed by atoms with Crippen LogP contribution in [0.1, 0.15) is 72.5 Å². The number of carbonyl (C=O) groups excluding carboxylic acids is 2. The molecule has 0 amide bonds. The Morgan fingerprint density at radius 1 is 1.05 bits per heavy atom. The minimum Gasteiger partial charge on any atom is -0.475 e. The largest absolute Gasteiger partial charge is 0.475 e. The molecule has 2 unspecified atom stereocenters. The molecule has 4 rings (SSSR count). The first-order chi connectivity index (χ1) is 18.5. The van der Waals surface area contributed by atoms with Crippen molar-refractivity contribution in [2.75, 3.05) is 32.9 Å². The summed E-state index contributed by atoms with van der Waals surface area (Å²) in [6.07, 6.45) is 7.54. The van der Waals surface area contributed by atoms with Crippen LogP contribution in [0.15, 0.2) is 47.6 Å². The fourth-order valence-corrected chi connectivity index (χ4v) is 4.67. The van der Waals surface area contributed by atoms with Gasteiger partial charge in [0.1, 0.15) is 5.75 Å². The van der Waals surface area contributed by atoms with Gasteiger partial charge in [-0.25, -0.2) is 0 Å². The molecular formula is C30H39N3O5. The van der Waals surface area contributed by atoms with Gasteiger partial charge in [-0.05, 0) is 30.0 Å². The van der Waals surface area contributed by atoms with Gasteiger partial charge in [0, 0.05) is 17.0 Å². The summed E-state index contributed by atoms with van der Waals surface area (Å²) in [5, 5.41) is 6.46. The normalized spacial score (nSPS) is 19.2. The highest BCUT2D eigenvalue weighted by Crippen LogP contribution is 2.32. The summed E-state index contributed by atoms with van der Waals surface area (Å²) in [6.45, 7) is 5.56. The lowest BCUT2D eigenvalue weighted by Gasteiger charge is -2.30. The monoisotopic (exact) mass is 521 g/mol. The Morgan fingerprint density at radius 3 is 2.55 bits per heavy atom. The second kappa shape index (κ2) is 14.1. The molecule has 8 nitrogen and oxygen atoms in total. The van der Waals surface area contributed by atoms with Crippen molar-refractivity contribution in [3.63, 3.8) is 0 Å². The Morgan fingerprint density at radius 2 is 1.79 bits per heavy atom. The Labute approximate surface area is 225 Å². The van der Waals surface area contributed by atoms with E-state index in [-0.39, 0.29) is 24.1 Å². The number of hydrogen-bond donors (Lipinski definition) is 1. The van der Waals surface area contributed by atoms with Gasteiger partial charge in [0.05, 0.1) is 45.5 Å². The molecule has 2 atom stereocenters. The summed E-state index contributed by atoms with van der Waals surface area (Å²) in [6, 6.07) is 12.8. The molecule has 8 heteroatoms. The quantitative estimate of drug-likeness (QED) is 0.192. The minimum atomic E-state index is -0.630. The van der Waals surface area contributed by atoms with Crippen molar-refractivity contribution in [1.82, 2.24) is 5.01 Å². The zero-order valence-electron chi connectivity index (χ0n) is 22.3. The van der Waals surface area contributed by atoms with Crippen LogP contribution in [0.25, 0.3) is 0 Å². The van der Waals surface area contributed by atoms with E-state index >= 15 is 0 Å². The predicted molar refractivity (Wildman–Crippen MR) is 146 cm³/mol. The zero-order chi connectivity index (χ0) is 26.7. The third-order valence-electron chi connectivity index (χ3n) is 7.01.